The van der Waals surface area contributed by atoms with Crippen LogP contribution in [0.15, 0.2) is 69.3 Å². The Morgan fingerprint density at radius 2 is 1.17 bits per heavy atom. The van der Waals surface area contributed by atoms with Crippen LogP contribution in [-0.2, 0) is 8.98 Å². The first-order valence-corrected chi connectivity index (χ1v) is 10.4. The molecule has 0 spiro atoms. The lowest BCUT2D eigenvalue weighted by molar-refractivity contribution is -0.133. The van der Waals surface area contributed by atoms with E-state index in [0.717, 1.165) is 24.3 Å². The number of hydrogen-bond donors (Lipinski definition) is 6. The highest BCUT2D eigenvalue weighted by atomic mass is 32.3. The van der Waals surface area contributed by atoms with Gasteiger partial charge in [0.1, 0.15) is 44.3 Å². The molecule has 3 aromatic rings. The van der Waals surface area contributed by atoms with E-state index in [1.54, 1.807) is 18.2 Å². The molecule has 158 valence electrons. The number of benzene rings is 3. The second kappa shape index (κ2) is 7.96. The van der Waals surface area contributed by atoms with Crippen molar-refractivity contribution >= 4 is 16.3 Å². The van der Waals surface area contributed by atoms with Gasteiger partial charge in [-0.25, -0.2) is 0 Å². The van der Waals surface area contributed by atoms with Crippen molar-refractivity contribution in [1.29, 1.82) is 0 Å². The zero-order chi connectivity index (χ0) is 22.1. The summed E-state index contributed by atoms with van der Waals surface area (Å²) in [6.07, 6.45) is -0.0825. The zero-order valence-electron chi connectivity index (χ0n) is 15.8. The second-order valence-electron chi connectivity index (χ2n) is 6.30. The summed E-state index contributed by atoms with van der Waals surface area (Å²) in [4.78, 5) is 12.1. The van der Waals surface area contributed by atoms with Crippen molar-refractivity contribution in [3.8, 4) is 34.5 Å². The van der Waals surface area contributed by atoms with Crippen LogP contribution in [-0.4, -0.2) is 36.6 Å². The summed E-state index contributed by atoms with van der Waals surface area (Å²) in [6, 6.07) is 11.7. The minimum absolute atomic E-state index is 0.0825. The molecule has 0 aromatic heterocycles. The van der Waals surface area contributed by atoms with Crippen molar-refractivity contribution < 1.29 is 39.6 Å². The van der Waals surface area contributed by atoms with Crippen LogP contribution in [0.2, 0.25) is 0 Å². The molecule has 30 heavy (non-hydrogen) atoms. The van der Waals surface area contributed by atoms with Gasteiger partial charge in [-0.3, -0.25) is 4.79 Å². The van der Waals surface area contributed by atoms with E-state index in [0.29, 0.717) is 0 Å². The minimum Gasteiger partial charge on any atom is -0.508 e. The van der Waals surface area contributed by atoms with E-state index < -0.39 is 50.8 Å². The summed E-state index contributed by atoms with van der Waals surface area (Å²) < 4.78 is 5.79. The van der Waals surface area contributed by atoms with E-state index in [4.69, 9.17) is 4.18 Å². The molecule has 0 bridgehead atoms. The van der Waals surface area contributed by atoms with Crippen molar-refractivity contribution in [3.05, 3.63) is 54.6 Å². The first-order valence-electron chi connectivity index (χ1n) is 8.81. The Morgan fingerprint density at radius 1 is 0.767 bits per heavy atom. The van der Waals surface area contributed by atoms with Crippen molar-refractivity contribution in [2.45, 2.75) is 28.0 Å². The summed E-state index contributed by atoms with van der Waals surface area (Å²) in [7, 11) is -3.47. The molecule has 0 radical (unpaired) electrons. The monoisotopic (exact) mass is 432 g/mol. The molecule has 0 aliphatic carbocycles. The molecule has 0 aliphatic heterocycles. The van der Waals surface area contributed by atoms with Crippen LogP contribution in [0, 0.1) is 0 Å². The summed E-state index contributed by atoms with van der Waals surface area (Å²) in [6.45, 7) is 1.53. The molecule has 0 unspecified atom stereocenters. The highest BCUT2D eigenvalue weighted by Crippen LogP contribution is 2.76. The van der Waals surface area contributed by atoms with Gasteiger partial charge in [-0.05, 0) is 12.1 Å². The molecular weight excluding hydrogens is 412 g/mol. The van der Waals surface area contributed by atoms with Crippen molar-refractivity contribution in [2.24, 2.45) is 0 Å². The maximum Gasteiger partial charge on any atom is 0.316 e. The van der Waals surface area contributed by atoms with Gasteiger partial charge < -0.3 is 34.8 Å². The third-order valence-electron chi connectivity index (χ3n) is 4.23. The lowest BCUT2D eigenvalue weighted by Gasteiger charge is -2.40. The first kappa shape index (κ1) is 21.0. The molecule has 8 nitrogen and oxygen atoms in total. The van der Waals surface area contributed by atoms with E-state index in [9.17, 15) is 35.4 Å². The Bertz CT molecular complexity index is 994. The standard InChI is InChI=1S/C21H20O8S/c1-2-19(28)29-30(14-6-4-3-5-7-14,20-15(24)8-12(22)9-16(20)25)21-17(26)10-13(23)11-18(21)27/h3-11,22-27H,2H2,1H3. The number of phenolic OH excluding ortho intramolecular Hbond substituents is 6. The SMILES string of the molecule is CCC(=O)OS(c1ccccc1)(c1c(O)cc(O)cc1O)c1c(O)cc(O)cc1O. The zero-order valence-corrected chi connectivity index (χ0v) is 16.6. The number of phenols is 6. The molecule has 0 saturated carbocycles. The molecule has 0 amide bonds. The minimum atomic E-state index is -3.47. The predicted octanol–water partition coefficient (Wildman–Crippen LogP) is 4.07. The Kier molecular flexibility index (Phi) is 5.57. The summed E-state index contributed by atoms with van der Waals surface area (Å²) in [5.74, 6) is -4.13. The highest BCUT2D eigenvalue weighted by Gasteiger charge is 2.44. The van der Waals surface area contributed by atoms with Gasteiger partial charge in [0.25, 0.3) is 0 Å². The van der Waals surface area contributed by atoms with E-state index in [1.165, 1.54) is 19.1 Å². The fourth-order valence-corrected chi connectivity index (χ4v) is 6.33. The van der Waals surface area contributed by atoms with Crippen LogP contribution in [0.5, 0.6) is 34.5 Å². The summed E-state index contributed by atoms with van der Waals surface area (Å²) in [5.41, 5.74) is 0. The second-order valence-corrected chi connectivity index (χ2v) is 8.87. The van der Waals surface area contributed by atoms with E-state index >= 15 is 0 Å². The van der Waals surface area contributed by atoms with Crippen LogP contribution in [0.25, 0.3) is 0 Å². The number of rotatable bonds is 5. The van der Waals surface area contributed by atoms with E-state index in [-0.39, 0.29) is 21.1 Å². The molecule has 0 fully saturated rings. The van der Waals surface area contributed by atoms with Crippen LogP contribution >= 0.6 is 10.3 Å². The average Bonchev–Trinajstić information content (AvgIpc) is 2.66. The topological polar surface area (TPSA) is 148 Å². The van der Waals surface area contributed by atoms with E-state index in [1.807, 2.05) is 0 Å². The van der Waals surface area contributed by atoms with Crippen LogP contribution in [0.1, 0.15) is 13.3 Å². The first-order chi connectivity index (χ1) is 14.2. The third kappa shape index (κ3) is 3.50. The highest BCUT2D eigenvalue weighted by molar-refractivity contribution is 8.30. The van der Waals surface area contributed by atoms with Gasteiger partial charge in [0.15, 0.2) is 0 Å². The van der Waals surface area contributed by atoms with Crippen molar-refractivity contribution in [2.75, 3.05) is 0 Å². The third-order valence-corrected chi connectivity index (χ3v) is 7.58. The largest absolute Gasteiger partial charge is 0.508 e. The normalized spacial score (nSPS) is 11.8. The van der Waals surface area contributed by atoms with Gasteiger partial charge in [0, 0.05) is 45.9 Å². The van der Waals surface area contributed by atoms with Crippen molar-refractivity contribution in [1.82, 2.24) is 0 Å². The molecule has 9 heteroatoms. The number of carbonyl (C=O) groups is 1. The van der Waals surface area contributed by atoms with Gasteiger partial charge in [-0.15, -0.1) is 0 Å². The van der Waals surface area contributed by atoms with Gasteiger partial charge in [-0.2, -0.15) is 0 Å². The Labute approximate surface area is 173 Å². The van der Waals surface area contributed by atoms with Gasteiger partial charge >= 0.3 is 5.97 Å². The maximum absolute atomic E-state index is 12.5. The smallest absolute Gasteiger partial charge is 0.316 e. The number of carbonyl (C=O) groups excluding carboxylic acids is 1. The Morgan fingerprint density at radius 3 is 1.53 bits per heavy atom. The summed E-state index contributed by atoms with van der Waals surface area (Å²) >= 11 is 0. The Hall–Kier alpha value is -3.72. The molecule has 0 heterocycles. The van der Waals surface area contributed by atoms with Crippen LogP contribution in [0.3, 0.4) is 0 Å². The lowest BCUT2D eigenvalue weighted by Crippen LogP contribution is -2.13. The number of hydrogen-bond acceptors (Lipinski definition) is 8. The van der Waals surface area contributed by atoms with Crippen LogP contribution < -0.4 is 0 Å². The maximum atomic E-state index is 12.5. The molecule has 0 aliphatic rings. The molecular formula is C21H20O8S. The average molecular weight is 432 g/mol. The molecule has 3 aromatic carbocycles. The molecule has 6 N–H and O–H groups in total. The molecule has 3 rings (SSSR count). The van der Waals surface area contributed by atoms with Gasteiger partial charge in [-0.1, -0.05) is 25.1 Å². The Balaban J connectivity index is 2.55. The summed E-state index contributed by atoms with van der Waals surface area (Å²) in [5, 5.41) is 62.1. The number of aromatic hydroxyl groups is 6. The van der Waals surface area contributed by atoms with Crippen molar-refractivity contribution in [3.63, 3.8) is 0 Å². The van der Waals surface area contributed by atoms with E-state index in [2.05, 4.69) is 0 Å². The predicted molar refractivity (Wildman–Crippen MR) is 108 cm³/mol. The fraction of sp³-hybridized carbons (Fsp3) is 0.0952. The fourth-order valence-electron chi connectivity index (χ4n) is 3.04. The molecule has 0 atom stereocenters. The molecule has 0 saturated heterocycles. The van der Waals surface area contributed by atoms with Gasteiger partial charge in [0.2, 0.25) is 0 Å². The lowest BCUT2D eigenvalue weighted by atomic mass is 10.3. The van der Waals surface area contributed by atoms with Crippen LogP contribution in [0.4, 0.5) is 0 Å². The quantitative estimate of drug-likeness (QED) is 0.353. The van der Waals surface area contributed by atoms with Gasteiger partial charge in [0.05, 0.1) is 0 Å².